The lowest BCUT2D eigenvalue weighted by Gasteiger charge is -2.33. The molecule has 1 saturated heterocycles. The molecule has 3 rings (SSSR count). The maximum absolute atomic E-state index is 5.81. The first-order chi connectivity index (χ1) is 9.30. The second-order valence-electron chi connectivity index (χ2n) is 4.95. The van der Waals surface area contributed by atoms with Crippen molar-refractivity contribution < 1.29 is 14.2 Å². The van der Waals surface area contributed by atoms with Gasteiger partial charge in [-0.1, -0.05) is 0 Å². The Kier molecular flexibility index (Phi) is 3.42. The molecule has 0 aromatic carbocycles. The van der Waals surface area contributed by atoms with Gasteiger partial charge in [0.05, 0.1) is 33.0 Å². The Hall–Kier alpha value is -1.56. The Morgan fingerprint density at radius 2 is 1.89 bits per heavy atom. The number of rotatable bonds is 4. The Morgan fingerprint density at radius 1 is 1.21 bits per heavy atom. The van der Waals surface area contributed by atoms with Crippen LogP contribution >= 0.6 is 0 Å². The first kappa shape index (κ1) is 12.5. The summed E-state index contributed by atoms with van der Waals surface area (Å²) >= 11 is 0. The third-order valence-electron chi connectivity index (χ3n) is 3.61. The van der Waals surface area contributed by atoms with Gasteiger partial charge >= 0.3 is 0 Å². The van der Waals surface area contributed by atoms with E-state index < -0.39 is 0 Å². The lowest BCUT2D eigenvalue weighted by atomic mass is 10.2. The zero-order chi connectivity index (χ0) is 13.2. The number of methoxy groups -OCH3 is 2. The Labute approximate surface area is 112 Å². The van der Waals surface area contributed by atoms with Crippen LogP contribution in [0.15, 0.2) is 6.07 Å². The summed E-state index contributed by atoms with van der Waals surface area (Å²) in [6.45, 7) is 2.38. The molecule has 1 unspecified atom stereocenters. The van der Waals surface area contributed by atoms with Crippen molar-refractivity contribution in [1.82, 2.24) is 9.97 Å². The Balaban J connectivity index is 1.79. The van der Waals surface area contributed by atoms with Gasteiger partial charge in [-0.05, 0) is 18.8 Å². The predicted molar refractivity (Wildman–Crippen MR) is 69.8 cm³/mol. The van der Waals surface area contributed by atoms with Crippen molar-refractivity contribution in [3.8, 4) is 11.8 Å². The van der Waals surface area contributed by atoms with Gasteiger partial charge in [0.15, 0.2) is 0 Å². The molecule has 2 heterocycles. The second-order valence-corrected chi connectivity index (χ2v) is 4.95. The molecule has 1 aromatic heterocycles. The van der Waals surface area contributed by atoms with E-state index in [4.69, 9.17) is 14.2 Å². The highest BCUT2D eigenvalue weighted by atomic mass is 16.5. The molecule has 0 radical (unpaired) electrons. The summed E-state index contributed by atoms with van der Waals surface area (Å²) in [6, 6.07) is 1.68. The molecular formula is C13H19N3O3. The van der Waals surface area contributed by atoms with E-state index in [1.54, 1.807) is 20.3 Å². The van der Waals surface area contributed by atoms with E-state index in [2.05, 4.69) is 14.9 Å². The number of nitrogens with zero attached hydrogens (tertiary/aromatic N) is 3. The smallest absolute Gasteiger partial charge is 0.232 e. The topological polar surface area (TPSA) is 56.7 Å². The van der Waals surface area contributed by atoms with Gasteiger partial charge < -0.3 is 19.1 Å². The summed E-state index contributed by atoms with van der Waals surface area (Å²) in [7, 11) is 3.19. The van der Waals surface area contributed by atoms with Gasteiger partial charge in [-0.25, -0.2) is 0 Å². The molecule has 1 aliphatic heterocycles. The third kappa shape index (κ3) is 2.73. The molecule has 1 atom stereocenters. The zero-order valence-electron chi connectivity index (χ0n) is 11.3. The van der Waals surface area contributed by atoms with E-state index in [9.17, 15) is 0 Å². The van der Waals surface area contributed by atoms with Gasteiger partial charge in [0.1, 0.15) is 0 Å². The molecule has 2 aliphatic rings. The van der Waals surface area contributed by atoms with Crippen molar-refractivity contribution in [3.63, 3.8) is 0 Å². The maximum Gasteiger partial charge on any atom is 0.232 e. The number of morpholine rings is 1. The Bertz CT molecular complexity index is 429. The molecule has 6 heteroatoms. The van der Waals surface area contributed by atoms with Crippen molar-refractivity contribution in [3.05, 3.63) is 6.07 Å². The first-order valence-corrected chi connectivity index (χ1v) is 6.64. The third-order valence-corrected chi connectivity index (χ3v) is 3.61. The number of aromatic nitrogens is 2. The number of hydrogen-bond acceptors (Lipinski definition) is 6. The van der Waals surface area contributed by atoms with Crippen molar-refractivity contribution in [2.75, 3.05) is 38.8 Å². The minimum Gasteiger partial charge on any atom is -0.481 e. The van der Waals surface area contributed by atoms with Gasteiger partial charge in [0.25, 0.3) is 0 Å². The van der Waals surface area contributed by atoms with Crippen molar-refractivity contribution in [1.29, 1.82) is 0 Å². The highest BCUT2D eigenvalue weighted by molar-refractivity contribution is 5.37. The predicted octanol–water partition coefficient (Wildman–Crippen LogP) is 1.11. The fourth-order valence-corrected chi connectivity index (χ4v) is 2.35. The van der Waals surface area contributed by atoms with E-state index in [1.165, 1.54) is 12.8 Å². The fourth-order valence-electron chi connectivity index (χ4n) is 2.35. The maximum atomic E-state index is 5.81. The average molecular weight is 265 g/mol. The Morgan fingerprint density at radius 3 is 2.47 bits per heavy atom. The standard InChI is InChI=1S/C13H19N3O3/c1-17-11-7-12(18-2)15-13(14-11)16-5-6-19-10(8-16)9-3-4-9/h7,9-10H,3-6,8H2,1-2H3. The van der Waals surface area contributed by atoms with Crippen LogP contribution in [0.3, 0.4) is 0 Å². The van der Waals surface area contributed by atoms with Crippen LogP contribution in [0.4, 0.5) is 5.95 Å². The van der Waals surface area contributed by atoms with E-state index in [0.717, 1.165) is 25.6 Å². The molecule has 0 amide bonds. The summed E-state index contributed by atoms with van der Waals surface area (Å²) < 4.78 is 16.2. The van der Waals surface area contributed by atoms with E-state index in [-0.39, 0.29) is 0 Å². The first-order valence-electron chi connectivity index (χ1n) is 6.64. The summed E-state index contributed by atoms with van der Waals surface area (Å²) in [5, 5.41) is 0. The minimum atomic E-state index is 0.314. The summed E-state index contributed by atoms with van der Waals surface area (Å²) in [6.07, 6.45) is 2.87. The molecule has 0 spiro atoms. The molecule has 1 aliphatic carbocycles. The highest BCUT2D eigenvalue weighted by Gasteiger charge is 2.36. The number of hydrogen-bond donors (Lipinski definition) is 0. The largest absolute Gasteiger partial charge is 0.481 e. The van der Waals surface area contributed by atoms with Crippen LogP contribution in [0.25, 0.3) is 0 Å². The van der Waals surface area contributed by atoms with Crippen LogP contribution in [-0.2, 0) is 4.74 Å². The quantitative estimate of drug-likeness (QED) is 0.813. The summed E-state index contributed by atoms with van der Waals surface area (Å²) in [4.78, 5) is 10.9. The highest BCUT2D eigenvalue weighted by Crippen LogP contribution is 2.36. The van der Waals surface area contributed by atoms with Gasteiger partial charge in [-0.3, -0.25) is 0 Å². The monoisotopic (exact) mass is 265 g/mol. The molecule has 0 bridgehead atoms. The lowest BCUT2D eigenvalue weighted by molar-refractivity contribution is 0.0258. The van der Waals surface area contributed by atoms with Crippen LogP contribution in [0, 0.1) is 5.92 Å². The summed E-state index contributed by atoms with van der Waals surface area (Å²) in [5.41, 5.74) is 0. The van der Waals surface area contributed by atoms with Gasteiger partial charge in [0, 0.05) is 13.1 Å². The molecule has 2 fully saturated rings. The van der Waals surface area contributed by atoms with Gasteiger partial charge in [-0.2, -0.15) is 9.97 Å². The molecule has 6 nitrogen and oxygen atoms in total. The van der Waals surface area contributed by atoms with Crippen molar-refractivity contribution in [2.45, 2.75) is 18.9 Å². The lowest BCUT2D eigenvalue weighted by Crippen LogP contribution is -2.44. The fraction of sp³-hybridized carbons (Fsp3) is 0.692. The summed E-state index contributed by atoms with van der Waals surface area (Å²) in [5.74, 6) is 2.42. The van der Waals surface area contributed by atoms with Crippen molar-refractivity contribution in [2.24, 2.45) is 5.92 Å². The number of ether oxygens (including phenoxy) is 3. The van der Waals surface area contributed by atoms with Crippen LogP contribution in [0.1, 0.15) is 12.8 Å². The number of anilines is 1. The van der Waals surface area contributed by atoms with Crippen molar-refractivity contribution >= 4 is 5.95 Å². The molecule has 1 aromatic rings. The SMILES string of the molecule is COc1cc(OC)nc(N2CCOC(C3CC3)C2)n1. The molecule has 0 N–H and O–H groups in total. The normalized spacial score (nSPS) is 23.3. The molecule has 19 heavy (non-hydrogen) atoms. The van der Waals surface area contributed by atoms with Gasteiger partial charge in [0.2, 0.25) is 17.7 Å². The molecule has 104 valence electrons. The average Bonchev–Trinajstić information content (AvgIpc) is 3.31. The van der Waals surface area contributed by atoms with Crippen LogP contribution < -0.4 is 14.4 Å². The van der Waals surface area contributed by atoms with E-state index in [1.807, 2.05) is 0 Å². The zero-order valence-corrected chi connectivity index (χ0v) is 11.3. The minimum absolute atomic E-state index is 0.314. The van der Waals surface area contributed by atoms with Gasteiger partial charge in [-0.15, -0.1) is 0 Å². The van der Waals surface area contributed by atoms with Crippen LogP contribution in [0.5, 0.6) is 11.8 Å². The van der Waals surface area contributed by atoms with Crippen LogP contribution in [-0.4, -0.2) is 50.0 Å². The van der Waals surface area contributed by atoms with Crippen LogP contribution in [0.2, 0.25) is 0 Å². The van der Waals surface area contributed by atoms with E-state index >= 15 is 0 Å². The second kappa shape index (κ2) is 5.21. The molecule has 1 saturated carbocycles. The molecular weight excluding hydrogens is 246 g/mol. The van der Waals surface area contributed by atoms with E-state index in [0.29, 0.717) is 23.8 Å².